The second-order valence-corrected chi connectivity index (χ2v) is 5.06. The molecular weight excluding hydrogens is 250 g/mol. The molecule has 0 atom stereocenters. The number of amidine groups is 1. The molecular formula is C16H29N3O. The number of rotatable bonds is 8. The molecule has 0 fully saturated rings. The Kier molecular flexibility index (Phi) is 10.4. The molecule has 0 aromatic rings. The molecule has 0 aliphatic heterocycles. The van der Waals surface area contributed by atoms with Gasteiger partial charge in [0.1, 0.15) is 5.84 Å². The Balaban J connectivity index is 4.77. The summed E-state index contributed by atoms with van der Waals surface area (Å²) in [5.74, 6) is 1.35. The van der Waals surface area contributed by atoms with E-state index in [0.717, 1.165) is 25.2 Å². The maximum absolute atomic E-state index is 11.6. The second kappa shape index (κ2) is 11.3. The highest BCUT2D eigenvalue weighted by Crippen LogP contribution is 1.96. The van der Waals surface area contributed by atoms with Gasteiger partial charge in [-0.05, 0) is 25.0 Å². The maximum atomic E-state index is 11.6. The van der Waals surface area contributed by atoms with Crippen LogP contribution < -0.4 is 5.32 Å². The number of carbonyl (C=O) groups is 1. The number of hydrogen-bond donors (Lipinski definition) is 1. The summed E-state index contributed by atoms with van der Waals surface area (Å²) in [6.07, 6.45) is 9.63. The van der Waals surface area contributed by atoms with Crippen LogP contribution in [0.15, 0.2) is 29.5 Å². The molecule has 0 unspecified atom stereocenters. The summed E-state index contributed by atoms with van der Waals surface area (Å²) >= 11 is 0. The van der Waals surface area contributed by atoms with Gasteiger partial charge in [0, 0.05) is 19.7 Å². The molecule has 4 heteroatoms. The first-order valence-electron chi connectivity index (χ1n) is 7.41. The molecule has 0 saturated carbocycles. The number of amides is 1. The van der Waals surface area contributed by atoms with Crippen LogP contribution in [-0.4, -0.2) is 29.7 Å². The second-order valence-electron chi connectivity index (χ2n) is 5.06. The lowest BCUT2D eigenvalue weighted by molar-refractivity contribution is -0.128. The Bertz CT molecular complexity index is 357. The van der Waals surface area contributed by atoms with Crippen molar-refractivity contribution in [1.29, 1.82) is 0 Å². The zero-order valence-corrected chi connectivity index (χ0v) is 13.5. The van der Waals surface area contributed by atoms with E-state index in [2.05, 4.69) is 44.1 Å². The van der Waals surface area contributed by atoms with Crippen molar-refractivity contribution in [2.24, 2.45) is 10.9 Å². The Hall–Kier alpha value is -1.58. The van der Waals surface area contributed by atoms with E-state index in [4.69, 9.17) is 0 Å². The van der Waals surface area contributed by atoms with Crippen LogP contribution in [0.4, 0.5) is 0 Å². The average Bonchev–Trinajstić information content (AvgIpc) is 2.37. The molecule has 1 amide bonds. The summed E-state index contributed by atoms with van der Waals surface area (Å²) in [6.45, 7) is 11.2. The van der Waals surface area contributed by atoms with Crippen molar-refractivity contribution in [3.8, 4) is 0 Å². The van der Waals surface area contributed by atoms with E-state index < -0.39 is 0 Å². The summed E-state index contributed by atoms with van der Waals surface area (Å²) in [4.78, 5) is 17.8. The fourth-order valence-electron chi connectivity index (χ4n) is 1.51. The molecule has 0 aliphatic rings. The van der Waals surface area contributed by atoms with Crippen LogP contribution in [-0.2, 0) is 4.79 Å². The van der Waals surface area contributed by atoms with Crippen molar-refractivity contribution in [2.75, 3.05) is 13.1 Å². The monoisotopic (exact) mass is 279 g/mol. The highest BCUT2D eigenvalue weighted by atomic mass is 16.2. The fourth-order valence-corrected chi connectivity index (χ4v) is 1.51. The summed E-state index contributed by atoms with van der Waals surface area (Å²) in [5, 5.41) is 3.18. The molecule has 0 bridgehead atoms. The third-order valence-electron chi connectivity index (χ3n) is 2.58. The van der Waals surface area contributed by atoms with Gasteiger partial charge in [0.05, 0.1) is 6.54 Å². The molecule has 0 saturated heterocycles. The van der Waals surface area contributed by atoms with Gasteiger partial charge >= 0.3 is 0 Å². The van der Waals surface area contributed by atoms with E-state index in [1.807, 2.05) is 12.3 Å². The van der Waals surface area contributed by atoms with Crippen molar-refractivity contribution in [1.82, 2.24) is 10.2 Å². The zero-order valence-electron chi connectivity index (χ0n) is 13.5. The quantitative estimate of drug-likeness (QED) is 0.547. The lowest BCUT2D eigenvalue weighted by Gasteiger charge is -2.21. The third-order valence-corrected chi connectivity index (χ3v) is 2.58. The number of hydrogen-bond acceptors (Lipinski definition) is 2. The van der Waals surface area contributed by atoms with Crippen molar-refractivity contribution in [3.05, 3.63) is 24.6 Å². The number of carbonyl (C=O) groups excluding carboxylic acids is 1. The van der Waals surface area contributed by atoms with Crippen LogP contribution in [0.2, 0.25) is 0 Å². The minimum atomic E-state index is 0.0775. The van der Waals surface area contributed by atoms with E-state index in [1.54, 1.807) is 18.0 Å². The van der Waals surface area contributed by atoms with Crippen LogP contribution in [0, 0.1) is 5.92 Å². The van der Waals surface area contributed by atoms with Gasteiger partial charge in [0.15, 0.2) is 0 Å². The highest BCUT2D eigenvalue weighted by molar-refractivity contribution is 5.88. The van der Waals surface area contributed by atoms with Crippen LogP contribution in [0.25, 0.3) is 0 Å². The molecule has 0 heterocycles. The predicted octanol–water partition coefficient (Wildman–Crippen LogP) is 3.33. The topological polar surface area (TPSA) is 44.7 Å². The molecule has 114 valence electrons. The van der Waals surface area contributed by atoms with E-state index >= 15 is 0 Å². The Morgan fingerprint density at radius 1 is 1.35 bits per heavy atom. The van der Waals surface area contributed by atoms with Gasteiger partial charge in [-0.3, -0.25) is 4.79 Å². The van der Waals surface area contributed by atoms with E-state index in [9.17, 15) is 4.79 Å². The molecule has 0 spiro atoms. The van der Waals surface area contributed by atoms with Crippen molar-refractivity contribution in [2.45, 2.75) is 47.5 Å². The van der Waals surface area contributed by atoms with E-state index in [0.29, 0.717) is 12.5 Å². The normalized spacial score (nSPS) is 12.6. The standard InChI is InChI=1S/C16H29N3O/c1-6-8-10-17-16(18-11-9-14(3)4)13-19(12-7-2)15(5)20/h8-11,14H,6-7,12-13H2,1-5H3,(H,17,18)/b10-8+,11-9+. The first kappa shape index (κ1) is 18.4. The van der Waals surface area contributed by atoms with Crippen molar-refractivity contribution in [3.63, 3.8) is 0 Å². The predicted molar refractivity (Wildman–Crippen MR) is 86.5 cm³/mol. The van der Waals surface area contributed by atoms with Crippen LogP contribution in [0.3, 0.4) is 0 Å². The molecule has 0 aromatic carbocycles. The lowest BCUT2D eigenvalue weighted by Crippen LogP contribution is -2.38. The fraction of sp³-hybridized carbons (Fsp3) is 0.625. The first-order valence-corrected chi connectivity index (χ1v) is 7.41. The van der Waals surface area contributed by atoms with Gasteiger partial charge in [-0.25, -0.2) is 4.99 Å². The van der Waals surface area contributed by atoms with Gasteiger partial charge in [0.2, 0.25) is 5.91 Å². The highest BCUT2D eigenvalue weighted by Gasteiger charge is 2.10. The van der Waals surface area contributed by atoms with Gasteiger partial charge in [-0.1, -0.05) is 39.8 Å². The molecule has 0 aliphatic carbocycles. The molecule has 0 radical (unpaired) electrons. The number of aliphatic imine (C=N–C) groups is 1. The van der Waals surface area contributed by atoms with Gasteiger partial charge < -0.3 is 10.2 Å². The summed E-state index contributed by atoms with van der Waals surface area (Å²) in [6, 6.07) is 0. The summed E-state index contributed by atoms with van der Waals surface area (Å²) < 4.78 is 0. The van der Waals surface area contributed by atoms with Gasteiger partial charge in [-0.2, -0.15) is 0 Å². The van der Waals surface area contributed by atoms with Gasteiger partial charge in [-0.15, -0.1) is 0 Å². The van der Waals surface area contributed by atoms with Crippen LogP contribution in [0.5, 0.6) is 0 Å². The molecule has 0 rings (SSSR count). The first-order chi connectivity index (χ1) is 9.51. The summed E-state index contributed by atoms with van der Waals surface area (Å²) in [7, 11) is 0. The average molecular weight is 279 g/mol. The number of nitrogens with zero attached hydrogens (tertiary/aromatic N) is 2. The Labute approximate surface area is 123 Å². The smallest absolute Gasteiger partial charge is 0.219 e. The Morgan fingerprint density at radius 3 is 2.55 bits per heavy atom. The number of allylic oxidation sites excluding steroid dienone is 2. The van der Waals surface area contributed by atoms with Gasteiger partial charge in [0.25, 0.3) is 0 Å². The Morgan fingerprint density at radius 2 is 2.05 bits per heavy atom. The molecule has 1 N–H and O–H groups in total. The van der Waals surface area contributed by atoms with Crippen molar-refractivity contribution < 1.29 is 4.79 Å². The molecule has 20 heavy (non-hydrogen) atoms. The minimum absolute atomic E-state index is 0.0775. The maximum Gasteiger partial charge on any atom is 0.219 e. The zero-order chi connectivity index (χ0) is 15.4. The lowest BCUT2D eigenvalue weighted by atomic mass is 10.2. The third kappa shape index (κ3) is 9.36. The SMILES string of the molecule is CC/C=C/N=C(CN(CCC)C(C)=O)N/C=C/C(C)C. The van der Waals surface area contributed by atoms with E-state index in [1.165, 1.54) is 0 Å². The number of nitrogens with one attached hydrogen (secondary N) is 1. The largest absolute Gasteiger partial charge is 0.349 e. The van der Waals surface area contributed by atoms with E-state index in [-0.39, 0.29) is 5.91 Å². The minimum Gasteiger partial charge on any atom is -0.349 e. The van der Waals surface area contributed by atoms with Crippen LogP contribution >= 0.6 is 0 Å². The summed E-state index contributed by atoms with van der Waals surface area (Å²) in [5.41, 5.74) is 0. The molecule has 0 aromatic heterocycles. The van der Waals surface area contributed by atoms with Crippen molar-refractivity contribution >= 4 is 11.7 Å². The van der Waals surface area contributed by atoms with Crippen LogP contribution in [0.1, 0.15) is 47.5 Å². The molecule has 4 nitrogen and oxygen atoms in total.